The molecule has 7 heteroatoms. The van der Waals surface area contributed by atoms with Gasteiger partial charge in [-0.2, -0.15) is 0 Å². The molecule has 0 spiro atoms. The number of ether oxygens (including phenoxy) is 1. The molecule has 2 aromatic rings. The fourth-order valence-electron chi connectivity index (χ4n) is 1.45. The maximum Gasteiger partial charge on any atom is 0.158 e. The number of anilines is 2. The molecule has 0 radical (unpaired) electrons. The van der Waals surface area contributed by atoms with Crippen LogP contribution in [0.5, 0.6) is 0 Å². The summed E-state index contributed by atoms with van der Waals surface area (Å²) < 4.78 is 18.9. The Bertz CT molecular complexity index is 597. The number of benzene rings is 1. The maximum atomic E-state index is 13.2. The Labute approximate surface area is 123 Å². The molecule has 2 rings (SSSR count). The van der Waals surface area contributed by atoms with Gasteiger partial charge in [0.2, 0.25) is 0 Å². The van der Waals surface area contributed by atoms with Crippen LogP contribution in [0.25, 0.3) is 0 Å². The lowest BCUT2D eigenvalue weighted by Crippen LogP contribution is -2.02. The first kappa shape index (κ1) is 14.2. The van der Waals surface area contributed by atoms with Crippen molar-refractivity contribution in [2.75, 3.05) is 12.4 Å². The van der Waals surface area contributed by atoms with E-state index in [1.165, 1.54) is 12.1 Å². The summed E-state index contributed by atoms with van der Waals surface area (Å²) in [6.45, 7) is 0.250. The molecule has 0 amide bonds. The van der Waals surface area contributed by atoms with Gasteiger partial charge in [0, 0.05) is 17.6 Å². The van der Waals surface area contributed by atoms with E-state index in [1.54, 1.807) is 19.2 Å². The van der Waals surface area contributed by atoms with Crippen LogP contribution in [0.1, 0.15) is 5.82 Å². The summed E-state index contributed by atoms with van der Waals surface area (Å²) >= 11 is 9.22. The highest BCUT2D eigenvalue weighted by atomic mass is 79.9. The number of hydrogen-bond acceptors (Lipinski definition) is 4. The topological polar surface area (TPSA) is 47.0 Å². The summed E-state index contributed by atoms with van der Waals surface area (Å²) in [5.74, 6) is 0.575. The van der Waals surface area contributed by atoms with Crippen molar-refractivity contribution < 1.29 is 9.13 Å². The number of nitrogens with zero attached hydrogens (tertiary/aromatic N) is 2. The largest absolute Gasteiger partial charge is 0.377 e. The molecule has 1 N–H and O–H groups in total. The van der Waals surface area contributed by atoms with Crippen LogP contribution in [-0.2, 0) is 11.3 Å². The molecule has 0 fully saturated rings. The van der Waals surface area contributed by atoms with E-state index in [4.69, 9.17) is 16.3 Å². The molecule has 4 nitrogen and oxygen atoms in total. The minimum absolute atomic E-state index is 0.250. The molecule has 0 saturated carbocycles. The summed E-state index contributed by atoms with van der Waals surface area (Å²) in [5, 5.41) is 3.26. The zero-order valence-electron chi connectivity index (χ0n) is 9.95. The van der Waals surface area contributed by atoms with Crippen LogP contribution in [0.4, 0.5) is 15.9 Å². The standard InChI is InChI=1S/C12H10BrClFN3O/c1-19-6-12-17-10(14)5-11(18-12)16-9-4-7(15)2-3-8(9)13/h2-5H,6H2,1H3,(H,16,17,18). The van der Waals surface area contributed by atoms with Crippen molar-refractivity contribution in [2.24, 2.45) is 0 Å². The van der Waals surface area contributed by atoms with Gasteiger partial charge in [-0.05, 0) is 34.1 Å². The number of nitrogens with one attached hydrogen (secondary N) is 1. The first-order chi connectivity index (χ1) is 9.08. The van der Waals surface area contributed by atoms with E-state index < -0.39 is 0 Å². The van der Waals surface area contributed by atoms with E-state index >= 15 is 0 Å². The minimum Gasteiger partial charge on any atom is -0.377 e. The summed E-state index contributed by atoms with van der Waals surface area (Å²) in [5.41, 5.74) is 0.554. The smallest absolute Gasteiger partial charge is 0.158 e. The molecule has 1 heterocycles. The summed E-state index contributed by atoms with van der Waals surface area (Å²) in [6, 6.07) is 5.88. The minimum atomic E-state index is -0.344. The monoisotopic (exact) mass is 345 g/mol. The van der Waals surface area contributed by atoms with Crippen LogP contribution in [0.2, 0.25) is 5.15 Å². The summed E-state index contributed by atoms with van der Waals surface area (Å²) in [4.78, 5) is 8.22. The SMILES string of the molecule is COCc1nc(Cl)cc(Nc2cc(F)ccc2Br)n1. The molecule has 0 bridgehead atoms. The predicted octanol–water partition coefficient (Wildman–Crippen LogP) is 3.92. The van der Waals surface area contributed by atoms with E-state index in [0.717, 1.165) is 4.47 Å². The average Bonchev–Trinajstić information content (AvgIpc) is 2.33. The lowest BCUT2D eigenvalue weighted by molar-refractivity contribution is 0.178. The van der Waals surface area contributed by atoms with Crippen LogP contribution < -0.4 is 5.32 Å². The predicted molar refractivity (Wildman–Crippen MR) is 75.1 cm³/mol. The van der Waals surface area contributed by atoms with Gasteiger partial charge in [0.05, 0.1) is 5.69 Å². The van der Waals surface area contributed by atoms with Crippen molar-refractivity contribution in [2.45, 2.75) is 6.61 Å². The highest BCUT2D eigenvalue weighted by Crippen LogP contribution is 2.26. The van der Waals surface area contributed by atoms with Crippen LogP contribution in [0, 0.1) is 5.82 Å². The van der Waals surface area contributed by atoms with E-state index in [1.807, 2.05) is 0 Å². The zero-order chi connectivity index (χ0) is 13.8. The van der Waals surface area contributed by atoms with Crippen molar-refractivity contribution in [3.63, 3.8) is 0 Å². The molecule has 1 aromatic carbocycles. The molecule has 19 heavy (non-hydrogen) atoms. The van der Waals surface area contributed by atoms with Crippen molar-refractivity contribution >= 4 is 39.0 Å². The Morgan fingerprint density at radius 2 is 2.16 bits per heavy atom. The maximum absolute atomic E-state index is 13.2. The Hall–Kier alpha value is -1.24. The second-order valence-corrected chi connectivity index (χ2v) is 4.92. The van der Waals surface area contributed by atoms with Crippen LogP contribution >= 0.6 is 27.5 Å². The number of hydrogen-bond donors (Lipinski definition) is 1. The van der Waals surface area contributed by atoms with Gasteiger partial charge in [0.15, 0.2) is 5.82 Å². The quantitative estimate of drug-likeness (QED) is 0.852. The van der Waals surface area contributed by atoms with Crippen molar-refractivity contribution in [3.8, 4) is 0 Å². The van der Waals surface area contributed by atoms with Crippen molar-refractivity contribution in [3.05, 3.63) is 45.5 Å². The molecule has 0 aliphatic carbocycles. The van der Waals surface area contributed by atoms with E-state index in [9.17, 15) is 4.39 Å². The Morgan fingerprint density at radius 3 is 2.89 bits per heavy atom. The number of aromatic nitrogens is 2. The van der Waals surface area contributed by atoms with Crippen LogP contribution in [-0.4, -0.2) is 17.1 Å². The van der Waals surface area contributed by atoms with Crippen molar-refractivity contribution in [1.29, 1.82) is 0 Å². The fraction of sp³-hybridized carbons (Fsp3) is 0.167. The van der Waals surface area contributed by atoms with Gasteiger partial charge in [-0.3, -0.25) is 0 Å². The van der Waals surface area contributed by atoms with Gasteiger partial charge in [-0.15, -0.1) is 0 Å². The molecule has 0 aliphatic rings. The lowest BCUT2D eigenvalue weighted by atomic mass is 10.3. The number of rotatable bonds is 4. The first-order valence-electron chi connectivity index (χ1n) is 5.33. The molecule has 1 aromatic heterocycles. The Balaban J connectivity index is 2.29. The molecule has 0 unspecified atom stereocenters. The van der Waals surface area contributed by atoms with Gasteiger partial charge >= 0.3 is 0 Å². The van der Waals surface area contributed by atoms with Gasteiger partial charge in [0.1, 0.15) is 23.4 Å². The average molecular weight is 347 g/mol. The molecular weight excluding hydrogens is 337 g/mol. The highest BCUT2D eigenvalue weighted by Gasteiger charge is 2.06. The highest BCUT2D eigenvalue weighted by molar-refractivity contribution is 9.10. The number of methoxy groups -OCH3 is 1. The van der Waals surface area contributed by atoms with Gasteiger partial charge < -0.3 is 10.1 Å². The summed E-state index contributed by atoms with van der Waals surface area (Å²) in [6.07, 6.45) is 0. The van der Waals surface area contributed by atoms with Crippen molar-refractivity contribution in [1.82, 2.24) is 9.97 Å². The Kier molecular flexibility index (Phi) is 4.68. The number of halogens is 3. The van der Waals surface area contributed by atoms with E-state index in [0.29, 0.717) is 17.3 Å². The molecule has 0 aliphatic heterocycles. The van der Waals surface area contributed by atoms with E-state index in [2.05, 4.69) is 31.2 Å². The second kappa shape index (κ2) is 6.27. The normalized spacial score (nSPS) is 10.5. The zero-order valence-corrected chi connectivity index (χ0v) is 12.3. The Morgan fingerprint density at radius 1 is 1.37 bits per heavy atom. The molecule has 100 valence electrons. The van der Waals surface area contributed by atoms with Gasteiger partial charge in [-0.25, -0.2) is 14.4 Å². The first-order valence-corrected chi connectivity index (χ1v) is 6.50. The third kappa shape index (κ3) is 3.86. The fourth-order valence-corrected chi connectivity index (χ4v) is 2.00. The molecule has 0 saturated heterocycles. The van der Waals surface area contributed by atoms with Crippen LogP contribution in [0.15, 0.2) is 28.7 Å². The van der Waals surface area contributed by atoms with Gasteiger partial charge in [0.25, 0.3) is 0 Å². The third-order valence-corrected chi connectivity index (χ3v) is 3.09. The van der Waals surface area contributed by atoms with E-state index in [-0.39, 0.29) is 17.6 Å². The lowest BCUT2D eigenvalue weighted by Gasteiger charge is -2.09. The molecular formula is C12H10BrClFN3O. The van der Waals surface area contributed by atoms with Gasteiger partial charge in [-0.1, -0.05) is 11.6 Å². The third-order valence-electron chi connectivity index (χ3n) is 2.21. The molecule has 0 atom stereocenters. The summed E-state index contributed by atoms with van der Waals surface area (Å²) in [7, 11) is 1.54. The van der Waals surface area contributed by atoms with Crippen LogP contribution in [0.3, 0.4) is 0 Å². The second-order valence-electron chi connectivity index (χ2n) is 3.67.